The van der Waals surface area contributed by atoms with Crippen LogP contribution >= 0.6 is 11.3 Å². The summed E-state index contributed by atoms with van der Waals surface area (Å²) in [6.45, 7) is 6.78. The zero-order chi connectivity index (χ0) is 22.7. The molecule has 0 radical (unpaired) electrons. The minimum Gasteiger partial charge on any atom is -0.378 e. The Morgan fingerprint density at radius 3 is 2.78 bits per heavy atom. The van der Waals surface area contributed by atoms with Gasteiger partial charge >= 0.3 is 0 Å². The van der Waals surface area contributed by atoms with Crippen LogP contribution in [-0.2, 0) is 4.74 Å². The summed E-state index contributed by atoms with van der Waals surface area (Å²) in [6.07, 6.45) is 1.61. The van der Waals surface area contributed by atoms with E-state index in [1.165, 1.54) is 16.3 Å². The molecule has 12 heteroatoms. The van der Waals surface area contributed by atoms with Crippen molar-refractivity contribution in [2.75, 3.05) is 36.5 Å². The number of nitrogens with zero attached hydrogens (tertiary/aromatic N) is 6. The van der Waals surface area contributed by atoms with E-state index in [4.69, 9.17) is 16.4 Å². The number of hydrazone groups is 1. The van der Waals surface area contributed by atoms with Gasteiger partial charge in [0.1, 0.15) is 22.7 Å². The minimum absolute atomic E-state index is 0.0324. The number of hydrogen-bond acceptors (Lipinski definition) is 10. The number of carbonyl (C=O) groups excluding carboxylic acids is 1. The molecule has 1 aliphatic rings. The van der Waals surface area contributed by atoms with Crippen molar-refractivity contribution in [3.8, 4) is 0 Å². The number of ether oxygens (including phenoxy) is 1. The predicted octanol–water partition coefficient (Wildman–Crippen LogP) is 1.38. The molecule has 1 amide bonds. The second-order valence-electron chi connectivity index (χ2n) is 7.45. The third kappa shape index (κ3) is 4.61. The molecule has 0 saturated carbocycles. The SMILES string of the molecule is CC(C)N(N)/C(=N\N)c1cccc(NC(=O)c2cc3sc(N4CCOCC4)nc3cn2)n1. The van der Waals surface area contributed by atoms with Crippen LogP contribution in [0.2, 0.25) is 0 Å². The Hall–Kier alpha value is -3.35. The van der Waals surface area contributed by atoms with E-state index in [0.29, 0.717) is 30.6 Å². The first-order chi connectivity index (χ1) is 15.5. The van der Waals surface area contributed by atoms with Gasteiger partial charge in [-0.05, 0) is 32.0 Å². The molecule has 4 heterocycles. The molecule has 4 rings (SSSR count). The van der Waals surface area contributed by atoms with Crippen molar-refractivity contribution < 1.29 is 9.53 Å². The van der Waals surface area contributed by atoms with E-state index in [9.17, 15) is 4.79 Å². The van der Waals surface area contributed by atoms with Crippen LogP contribution < -0.4 is 21.9 Å². The minimum atomic E-state index is -0.377. The summed E-state index contributed by atoms with van der Waals surface area (Å²) in [4.78, 5) is 28.3. The lowest BCUT2D eigenvalue weighted by atomic mass is 10.2. The first-order valence-corrected chi connectivity index (χ1v) is 11.0. The number of nitrogens with one attached hydrogen (secondary N) is 1. The molecule has 11 nitrogen and oxygen atoms in total. The Morgan fingerprint density at radius 2 is 2.06 bits per heavy atom. The van der Waals surface area contributed by atoms with Crippen molar-refractivity contribution >= 4 is 44.2 Å². The maximum atomic E-state index is 12.8. The number of anilines is 2. The van der Waals surface area contributed by atoms with Crippen LogP contribution in [-0.4, -0.2) is 64.0 Å². The summed E-state index contributed by atoms with van der Waals surface area (Å²) >= 11 is 1.53. The van der Waals surface area contributed by atoms with Gasteiger partial charge in [-0.3, -0.25) is 9.80 Å². The first kappa shape index (κ1) is 21.9. The van der Waals surface area contributed by atoms with Gasteiger partial charge in [0, 0.05) is 19.1 Å². The van der Waals surface area contributed by atoms with Gasteiger partial charge in [-0.25, -0.2) is 20.8 Å². The summed E-state index contributed by atoms with van der Waals surface area (Å²) in [7, 11) is 0. The van der Waals surface area contributed by atoms with E-state index in [2.05, 4.69) is 30.3 Å². The van der Waals surface area contributed by atoms with Gasteiger partial charge in [-0.2, -0.15) is 5.10 Å². The second-order valence-corrected chi connectivity index (χ2v) is 8.46. The lowest BCUT2D eigenvalue weighted by Crippen LogP contribution is -2.44. The highest BCUT2D eigenvalue weighted by atomic mass is 32.1. The Kier molecular flexibility index (Phi) is 6.44. The van der Waals surface area contributed by atoms with Gasteiger partial charge in [0.15, 0.2) is 11.0 Å². The van der Waals surface area contributed by atoms with E-state index in [1.807, 2.05) is 13.8 Å². The molecule has 0 spiro atoms. The first-order valence-electron chi connectivity index (χ1n) is 10.2. The molecule has 168 valence electrons. The number of carbonyl (C=O) groups is 1. The van der Waals surface area contributed by atoms with Gasteiger partial charge in [0.05, 0.1) is 24.1 Å². The fourth-order valence-corrected chi connectivity index (χ4v) is 4.18. The Balaban J connectivity index is 1.52. The van der Waals surface area contributed by atoms with E-state index in [-0.39, 0.29) is 17.6 Å². The van der Waals surface area contributed by atoms with Gasteiger partial charge in [0.25, 0.3) is 5.91 Å². The highest BCUT2D eigenvalue weighted by Crippen LogP contribution is 2.29. The molecule has 1 fully saturated rings. The number of hydrogen-bond donors (Lipinski definition) is 3. The third-order valence-corrected chi connectivity index (χ3v) is 6.00. The van der Waals surface area contributed by atoms with Crippen molar-refractivity contribution in [1.29, 1.82) is 0 Å². The second kappa shape index (κ2) is 9.42. The molecule has 32 heavy (non-hydrogen) atoms. The van der Waals surface area contributed by atoms with Crippen LogP contribution in [0, 0.1) is 0 Å². The highest BCUT2D eigenvalue weighted by Gasteiger charge is 2.18. The molecule has 0 aromatic carbocycles. The molecule has 5 N–H and O–H groups in total. The van der Waals surface area contributed by atoms with Crippen molar-refractivity contribution in [2.45, 2.75) is 19.9 Å². The van der Waals surface area contributed by atoms with Crippen molar-refractivity contribution in [1.82, 2.24) is 20.0 Å². The molecule has 0 bridgehead atoms. The maximum absolute atomic E-state index is 12.8. The number of pyridine rings is 2. The predicted molar refractivity (Wildman–Crippen MR) is 125 cm³/mol. The Bertz CT molecular complexity index is 1140. The number of amides is 1. The summed E-state index contributed by atoms with van der Waals surface area (Å²) < 4.78 is 6.29. The fraction of sp³-hybridized carbons (Fsp3) is 0.350. The fourth-order valence-electron chi connectivity index (χ4n) is 3.15. The number of aromatic nitrogens is 3. The number of morpholine rings is 1. The molecule has 3 aromatic rings. The number of hydrazine groups is 1. The average Bonchev–Trinajstić information content (AvgIpc) is 3.24. The van der Waals surface area contributed by atoms with Crippen LogP contribution in [0.25, 0.3) is 10.2 Å². The largest absolute Gasteiger partial charge is 0.378 e. The standard InChI is InChI=1S/C20H25N9O2S/c1-12(2)29(22)18(27-21)13-4-3-5-17(24-13)26-19(30)14-10-16-15(11-23-14)25-20(32-16)28-6-8-31-9-7-28/h3-5,10-12H,6-9,21-22H2,1-2H3,(H,24,26,30)/b27-18-. The van der Waals surface area contributed by atoms with Gasteiger partial charge < -0.3 is 20.8 Å². The lowest BCUT2D eigenvalue weighted by Gasteiger charge is -2.25. The monoisotopic (exact) mass is 455 g/mol. The van der Waals surface area contributed by atoms with Gasteiger partial charge in [-0.1, -0.05) is 17.4 Å². The zero-order valence-corrected chi connectivity index (χ0v) is 18.7. The van der Waals surface area contributed by atoms with E-state index < -0.39 is 0 Å². The average molecular weight is 456 g/mol. The van der Waals surface area contributed by atoms with Crippen LogP contribution in [0.4, 0.5) is 10.9 Å². The summed E-state index contributed by atoms with van der Waals surface area (Å²) in [5, 5.41) is 8.84. The molecule has 0 atom stereocenters. The topological polar surface area (TPSA) is 148 Å². The van der Waals surface area contributed by atoms with Crippen LogP contribution in [0.15, 0.2) is 35.6 Å². The van der Waals surface area contributed by atoms with E-state index >= 15 is 0 Å². The summed E-state index contributed by atoms with van der Waals surface area (Å²) in [6, 6.07) is 6.84. The third-order valence-electron chi connectivity index (χ3n) is 4.92. The molecular weight excluding hydrogens is 430 g/mol. The van der Waals surface area contributed by atoms with Crippen molar-refractivity contribution in [3.05, 3.63) is 41.9 Å². The number of thiazole rings is 1. The number of amidine groups is 1. The van der Waals surface area contributed by atoms with Crippen molar-refractivity contribution in [2.24, 2.45) is 16.8 Å². The number of rotatable bonds is 5. The maximum Gasteiger partial charge on any atom is 0.275 e. The summed E-state index contributed by atoms with van der Waals surface area (Å²) in [5.41, 5.74) is 1.48. The number of nitrogens with two attached hydrogens (primary N) is 2. The zero-order valence-electron chi connectivity index (χ0n) is 17.9. The quantitative estimate of drug-likeness (QED) is 0.224. The highest BCUT2D eigenvalue weighted by molar-refractivity contribution is 7.22. The molecule has 1 saturated heterocycles. The molecule has 0 unspecified atom stereocenters. The smallest absolute Gasteiger partial charge is 0.275 e. The van der Waals surface area contributed by atoms with Crippen molar-refractivity contribution in [3.63, 3.8) is 0 Å². The van der Waals surface area contributed by atoms with Crippen LogP contribution in [0.3, 0.4) is 0 Å². The molecule has 1 aliphatic heterocycles. The van der Waals surface area contributed by atoms with Gasteiger partial charge in [0.2, 0.25) is 0 Å². The van der Waals surface area contributed by atoms with Gasteiger partial charge in [-0.15, -0.1) is 0 Å². The normalized spacial score (nSPS) is 14.8. The van der Waals surface area contributed by atoms with E-state index in [1.54, 1.807) is 30.5 Å². The molecule has 3 aromatic heterocycles. The Labute approximate surface area is 189 Å². The Morgan fingerprint density at radius 1 is 1.28 bits per heavy atom. The van der Waals surface area contributed by atoms with Crippen LogP contribution in [0.1, 0.15) is 30.0 Å². The number of fused-ring (bicyclic) bond motifs is 1. The van der Waals surface area contributed by atoms with E-state index in [0.717, 1.165) is 28.4 Å². The summed E-state index contributed by atoms with van der Waals surface area (Å²) in [5.74, 6) is 11.8. The lowest BCUT2D eigenvalue weighted by molar-refractivity contribution is 0.102. The molecule has 0 aliphatic carbocycles. The van der Waals surface area contributed by atoms with Crippen LogP contribution in [0.5, 0.6) is 0 Å². The molecular formula is C20H25N9O2S.